The quantitative estimate of drug-likeness (QED) is 0.708. The highest BCUT2D eigenvalue weighted by Gasteiger charge is 2.32. The molecule has 0 radical (unpaired) electrons. The highest BCUT2D eigenvalue weighted by molar-refractivity contribution is 6.29. The number of rotatable bonds is 4. The highest BCUT2D eigenvalue weighted by atomic mass is 35.5. The lowest BCUT2D eigenvalue weighted by atomic mass is 9.94. The minimum absolute atomic E-state index is 0.117. The highest BCUT2D eigenvalue weighted by Crippen LogP contribution is 2.11. The Morgan fingerprint density at radius 3 is 2.38 bits per heavy atom. The van der Waals surface area contributed by atoms with Crippen LogP contribution in [-0.4, -0.2) is 30.4 Å². The zero-order valence-electron chi connectivity index (χ0n) is 8.02. The Balaban J connectivity index is 4.45. The zero-order chi connectivity index (χ0) is 10.5. The Kier molecular flexibility index (Phi) is 4.77. The fourth-order valence-corrected chi connectivity index (χ4v) is 1.07. The molecule has 0 aliphatic carbocycles. The van der Waals surface area contributed by atoms with E-state index in [0.717, 1.165) is 0 Å². The molecule has 4 nitrogen and oxygen atoms in total. The number of amides is 1. The minimum atomic E-state index is -0.922. The molecule has 0 aromatic heterocycles. The van der Waals surface area contributed by atoms with Crippen molar-refractivity contribution in [2.75, 3.05) is 13.0 Å². The van der Waals surface area contributed by atoms with Gasteiger partial charge in [0.1, 0.15) is 0 Å². The van der Waals surface area contributed by atoms with E-state index >= 15 is 0 Å². The predicted octanol–water partition coefficient (Wildman–Crippen LogP) is 1.32. The van der Waals surface area contributed by atoms with Crippen LogP contribution >= 0.6 is 11.6 Å². The summed E-state index contributed by atoms with van der Waals surface area (Å²) < 4.78 is 4.40. The zero-order valence-corrected chi connectivity index (χ0v) is 8.77. The maximum absolute atomic E-state index is 11.3. The van der Waals surface area contributed by atoms with Gasteiger partial charge in [0.05, 0.1) is 18.5 Å². The van der Waals surface area contributed by atoms with E-state index in [-0.39, 0.29) is 11.7 Å². The fraction of sp³-hybridized carbons (Fsp3) is 0.750. The molecule has 1 N–H and O–H groups in total. The summed E-state index contributed by atoms with van der Waals surface area (Å²) in [6.45, 7) is 3.41. The van der Waals surface area contributed by atoms with Crippen molar-refractivity contribution < 1.29 is 14.3 Å². The number of halogens is 1. The number of ketones is 1. The Bertz CT molecular complexity index is 208. The molecule has 0 fully saturated rings. The van der Waals surface area contributed by atoms with E-state index < -0.39 is 11.6 Å². The number of Topliss-reactive ketones (excluding diaryl/α,β-unsaturated/α-hetero) is 1. The monoisotopic (exact) mass is 207 g/mol. The van der Waals surface area contributed by atoms with Gasteiger partial charge in [-0.15, -0.1) is 11.6 Å². The maximum Gasteiger partial charge on any atom is 0.407 e. The van der Waals surface area contributed by atoms with Crippen LogP contribution in [0.3, 0.4) is 0 Å². The molecule has 0 spiro atoms. The number of nitrogens with one attached hydrogen (secondary N) is 1. The number of methoxy groups -OCH3 is 1. The van der Waals surface area contributed by atoms with Crippen LogP contribution in [0, 0.1) is 0 Å². The topological polar surface area (TPSA) is 55.4 Å². The van der Waals surface area contributed by atoms with Crippen LogP contribution < -0.4 is 5.32 Å². The lowest BCUT2D eigenvalue weighted by Gasteiger charge is -2.26. The average Bonchev–Trinajstić information content (AvgIpc) is 2.15. The molecule has 0 saturated heterocycles. The molecule has 76 valence electrons. The number of carbonyl (C=O) groups is 2. The second kappa shape index (κ2) is 5.07. The number of hydrogen-bond acceptors (Lipinski definition) is 3. The van der Waals surface area contributed by atoms with Gasteiger partial charge in [-0.2, -0.15) is 0 Å². The molecule has 5 heteroatoms. The van der Waals surface area contributed by atoms with Crippen molar-refractivity contribution in [3.63, 3.8) is 0 Å². The summed E-state index contributed by atoms with van der Waals surface area (Å²) in [7, 11) is 1.25. The number of hydrogen-bond donors (Lipinski definition) is 1. The van der Waals surface area contributed by atoms with Gasteiger partial charge in [0.25, 0.3) is 0 Å². The molecule has 0 aromatic carbocycles. The third kappa shape index (κ3) is 3.22. The van der Waals surface area contributed by atoms with Gasteiger partial charge in [-0.3, -0.25) is 4.79 Å². The van der Waals surface area contributed by atoms with Crippen LogP contribution in [0.15, 0.2) is 0 Å². The molecule has 0 aromatic rings. The van der Waals surface area contributed by atoms with Crippen LogP contribution in [0.4, 0.5) is 4.79 Å². The second-order valence-corrected chi connectivity index (χ2v) is 3.13. The van der Waals surface area contributed by atoms with Gasteiger partial charge in [-0.1, -0.05) is 6.92 Å². The Hall–Kier alpha value is -0.770. The molecule has 0 aliphatic heterocycles. The van der Waals surface area contributed by atoms with Gasteiger partial charge >= 0.3 is 6.09 Å². The molecule has 1 atom stereocenters. The first kappa shape index (κ1) is 12.2. The second-order valence-electron chi connectivity index (χ2n) is 2.86. The lowest BCUT2D eigenvalue weighted by Crippen LogP contribution is -2.52. The molecule has 0 bridgehead atoms. The van der Waals surface area contributed by atoms with E-state index in [1.807, 2.05) is 0 Å². The summed E-state index contributed by atoms with van der Waals surface area (Å²) in [4.78, 5) is 22.2. The van der Waals surface area contributed by atoms with Crippen molar-refractivity contribution in [2.24, 2.45) is 0 Å². The smallest absolute Gasteiger partial charge is 0.407 e. The van der Waals surface area contributed by atoms with Crippen molar-refractivity contribution in [1.82, 2.24) is 5.32 Å². The first-order valence-electron chi connectivity index (χ1n) is 3.95. The standard InChI is InChI=1S/C8H14ClNO3/c1-4-8(2,6(11)5-9)10-7(12)13-3/h4-5H2,1-3H3,(H,10,12). The maximum atomic E-state index is 11.3. The molecular formula is C8H14ClNO3. The van der Waals surface area contributed by atoms with Crippen molar-refractivity contribution in [3.8, 4) is 0 Å². The lowest BCUT2D eigenvalue weighted by molar-refractivity contribution is -0.122. The Morgan fingerprint density at radius 1 is 1.54 bits per heavy atom. The van der Waals surface area contributed by atoms with Gasteiger partial charge in [-0.25, -0.2) is 4.79 Å². The van der Waals surface area contributed by atoms with Crippen molar-refractivity contribution in [3.05, 3.63) is 0 Å². The first-order valence-corrected chi connectivity index (χ1v) is 4.49. The van der Waals surface area contributed by atoms with Crippen LogP contribution in [0.1, 0.15) is 20.3 Å². The van der Waals surface area contributed by atoms with Gasteiger partial charge in [0, 0.05) is 0 Å². The normalized spacial score (nSPS) is 14.5. The van der Waals surface area contributed by atoms with Crippen LogP contribution in [0.5, 0.6) is 0 Å². The first-order chi connectivity index (χ1) is 6.00. The fourth-order valence-electron chi connectivity index (χ4n) is 0.779. The summed E-state index contributed by atoms with van der Waals surface area (Å²) in [6.07, 6.45) is -0.143. The molecular weight excluding hydrogens is 194 g/mol. The molecule has 0 saturated carbocycles. The summed E-state index contributed by atoms with van der Waals surface area (Å²) in [5.74, 6) is -0.337. The van der Waals surface area contributed by atoms with E-state index in [4.69, 9.17) is 11.6 Å². The molecule has 1 amide bonds. The number of alkyl carbamates (subject to hydrolysis) is 1. The molecule has 1 unspecified atom stereocenters. The Labute approximate surface area is 82.6 Å². The average molecular weight is 208 g/mol. The van der Waals surface area contributed by atoms with Crippen LogP contribution in [0.2, 0.25) is 0 Å². The van der Waals surface area contributed by atoms with Crippen LogP contribution in [0.25, 0.3) is 0 Å². The number of alkyl halides is 1. The summed E-state index contributed by atoms with van der Waals surface area (Å²) in [5, 5.41) is 2.45. The predicted molar refractivity (Wildman–Crippen MR) is 50.0 cm³/mol. The van der Waals surface area contributed by atoms with Gasteiger partial charge in [0.15, 0.2) is 5.78 Å². The third-order valence-corrected chi connectivity index (χ3v) is 2.25. The third-order valence-electron chi connectivity index (χ3n) is 2.01. The van der Waals surface area contributed by atoms with Gasteiger partial charge in [-0.05, 0) is 13.3 Å². The molecule has 0 aliphatic rings. The van der Waals surface area contributed by atoms with Gasteiger partial charge in [0.2, 0.25) is 0 Å². The summed E-state index contributed by atoms with van der Waals surface area (Å²) in [5.41, 5.74) is -0.922. The van der Waals surface area contributed by atoms with Crippen LogP contribution in [-0.2, 0) is 9.53 Å². The van der Waals surface area contributed by atoms with Crippen molar-refractivity contribution in [2.45, 2.75) is 25.8 Å². The largest absolute Gasteiger partial charge is 0.453 e. The van der Waals surface area contributed by atoms with E-state index in [1.165, 1.54) is 7.11 Å². The minimum Gasteiger partial charge on any atom is -0.453 e. The molecule has 13 heavy (non-hydrogen) atoms. The molecule has 0 heterocycles. The SMILES string of the molecule is CCC(C)(NC(=O)OC)C(=O)CCl. The van der Waals surface area contributed by atoms with Gasteiger partial charge < -0.3 is 10.1 Å². The number of carbonyl (C=O) groups excluding carboxylic acids is 2. The Morgan fingerprint density at radius 2 is 2.08 bits per heavy atom. The summed E-state index contributed by atoms with van der Waals surface area (Å²) in [6, 6.07) is 0. The van der Waals surface area contributed by atoms with E-state index in [2.05, 4.69) is 10.1 Å². The summed E-state index contributed by atoms with van der Waals surface area (Å²) >= 11 is 5.40. The van der Waals surface area contributed by atoms with E-state index in [0.29, 0.717) is 6.42 Å². The number of ether oxygens (including phenoxy) is 1. The van der Waals surface area contributed by atoms with Crippen molar-refractivity contribution in [1.29, 1.82) is 0 Å². The van der Waals surface area contributed by atoms with E-state index in [1.54, 1.807) is 13.8 Å². The van der Waals surface area contributed by atoms with Crippen molar-refractivity contribution >= 4 is 23.5 Å². The van der Waals surface area contributed by atoms with E-state index in [9.17, 15) is 9.59 Å². The molecule has 0 rings (SSSR count).